The molecule has 3 nitrogen and oxygen atoms in total. The molecule has 0 aliphatic carbocycles. The van der Waals surface area contributed by atoms with Crippen molar-refractivity contribution in [2.45, 2.75) is 110 Å². The summed E-state index contributed by atoms with van der Waals surface area (Å²) >= 11 is 0. The maximum absolute atomic E-state index is 9.33. The van der Waals surface area contributed by atoms with E-state index in [4.69, 9.17) is 9.22 Å². The zero-order valence-corrected chi connectivity index (χ0v) is 19.0. The Morgan fingerprint density at radius 1 is 0.739 bits per heavy atom. The second kappa shape index (κ2) is 14.6. The summed E-state index contributed by atoms with van der Waals surface area (Å²) in [6.07, 6.45) is 10.1. The predicted molar refractivity (Wildman–Crippen MR) is 108 cm³/mol. The summed E-state index contributed by atoms with van der Waals surface area (Å²) in [6, 6.07) is 0. The molecular formula is C18H44O3Si2. The van der Waals surface area contributed by atoms with Crippen molar-refractivity contribution in [3.05, 3.63) is 0 Å². The summed E-state index contributed by atoms with van der Waals surface area (Å²) < 4.78 is 5.90. The highest BCUT2D eigenvalue weighted by Crippen LogP contribution is 2.12. The highest BCUT2D eigenvalue weighted by atomic mass is 28.4. The number of unbranched alkanes of at least 4 members (excludes halogenated alkanes) is 6. The van der Waals surface area contributed by atoms with E-state index in [1.165, 1.54) is 38.5 Å². The quantitative estimate of drug-likeness (QED) is 0.353. The Labute approximate surface area is 148 Å². The van der Waals surface area contributed by atoms with Crippen LogP contribution in [0.3, 0.4) is 0 Å². The molecule has 1 atom stereocenters. The first-order chi connectivity index (χ1) is 10.5. The van der Waals surface area contributed by atoms with E-state index in [1.807, 2.05) is 0 Å². The van der Waals surface area contributed by atoms with E-state index in [1.54, 1.807) is 0 Å². The minimum Gasteiger partial charge on any atom is -0.456 e. The van der Waals surface area contributed by atoms with Gasteiger partial charge in [-0.1, -0.05) is 51.9 Å². The highest BCUT2D eigenvalue weighted by Gasteiger charge is 2.24. The Morgan fingerprint density at radius 2 is 1.17 bits per heavy atom. The van der Waals surface area contributed by atoms with E-state index in [0.29, 0.717) is 6.42 Å². The van der Waals surface area contributed by atoms with Crippen LogP contribution < -0.4 is 0 Å². The van der Waals surface area contributed by atoms with Crippen molar-refractivity contribution in [2.24, 2.45) is 0 Å². The zero-order chi connectivity index (χ0) is 18.4. The Hall–Kier alpha value is 0.314. The van der Waals surface area contributed by atoms with Crippen LogP contribution in [0.15, 0.2) is 0 Å². The van der Waals surface area contributed by atoms with Crippen molar-refractivity contribution >= 4 is 16.6 Å². The molecule has 2 N–H and O–H groups in total. The van der Waals surface area contributed by atoms with E-state index in [9.17, 15) is 5.11 Å². The van der Waals surface area contributed by atoms with Gasteiger partial charge in [0, 0.05) is 6.61 Å². The largest absolute Gasteiger partial charge is 0.456 e. The van der Waals surface area contributed by atoms with Crippen molar-refractivity contribution in [3.63, 3.8) is 0 Å². The van der Waals surface area contributed by atoms with E-state index >= 15 is 0 Å². The molecule has 0 heterocycles. The molecule has 0 fully saturated rings. The van der Waals surface area contributed by atoms with E-state index in [-0.39, 0.29) is 12.7 Å². The first kappa shape index (κ1) is 25.6. The molecule has 1 unspecified atom stereocenters. The molecule has 0 aliphatic heterocycles. The van der Waals surface area contributed by atoms with Gasteiger partial charge >= 0.3 is 0 Å². The summed E-state index contributed by atoms with van der Waals surface area (Å²) in [5.41, 5.74) is 0. The second-order valence-corrected chi connectivity index (χ2v) is 17.7. The fraction of sp³-hybridized carbons (Fsp3) is 1.00. The number of aliphatic hydroxyl groups excluding tert-OH is 2. The Morgan fingerprint density at radius 3 is 1.52 bits per heavy atom. The number of aliphatic hydroxyl groups is 2. The van der Waals surface area contributed by atoms with Gasteiger partial charge in [0.15, 0.2) is 16.6 Å². The molecule has 0 aliphatic rings. The minimum absolute atomic E-state index is 0.109. The van der Waals surface area contributed by atoms with Gasteiger partial charge in [-0.25, -0.2) is 0 Å². The predicted octanol–water partition coefficient (Wildman–Crippen LogP) is 5.54. The number of hydrogen-bond donors (Lipinski definition) is 2. The van der Waals surface area contributed by atoms with Crippen molar-refractivity contribution < 1.29 is 14.3 Å². The SMILES string of the molecule is CCCCCCCCCC(O)CCO.C[Si](C)(C)O[Si](C)(C)C. The fourth-order valence-electron chi connectivity index (χ4n) is 2.55. The van der Waals surface area contributed by atoms with E-state index in [2.05, 4.69) is 46.2 Å². The van der Waals surface area contributed by atoms with Crippen LogP contribution in [0.4, 0.5) is 0 Å². The van der Waals surface area contributed by atoms with Gasteiger partial charge < -0.3 is 14.3 Å². The molecule has 142 valence electrons. The lowest BCUT2D eigenvalue weighted by Crippen LogP contribution is -2.39. The van der Waals surface area contributed by atoms with Gasteiger partial charge in [-0.2, -0.15) is 0 Å². The van der Waals surface area contributed by atoms with E-state index in [0.717, 1.165) is 12.8 Å². The third-order valence-corrected chi connectivity index (χ3v) is 8.11. The first-order valence-electron chi connectivity index (χ1n) is 9.51. The van der Waals surface area contributed by atoms with Gasteiger partial charge in [0.1, 0.15) is 0 Å². The smallest absolute Gasteiger partial charge is 0.170 e. The molecule has 0 saturated heterocycles. The molecule has 0 rings (SSSR count). The van der Waals surface area contributed by atoms with Gasteiger partial charge in [0.2, 0.25) is 0 Å². The molecule has 0 saturated carbocycles. The van der Waals surface area contributed by atoms with Crippen molar-refractivity contribution in [3.8, 4) is 0 Å². The molecule has 0 aromatic heterocycles. The van der Waals surface area contributed by atoms with Crippen LogP contribution in [0.2, 0.25) is 39.3 Å². The third-order valence-electron chi connectivity index (χ3n) is 3.22. The lowest BCUT2D eigenvalue weighted by Gasteiger charge is -2.27. The van der Waals surface area contributed by atoms with Crippen LogP contribution in [0.1, 0.15) is 64.7 Å². The van der Waals surface area contributed by atoms with Crippen LogP contribution in [0.5, 0.6) is 0 Å². The summed E-state index contributed by atoms with van der Waals surface area (Å²) in [7, 11) is -2.46. The average molecular weight is 365 g/mol. The number of hydrogen-bond acceptors (Lipinski definition) is 3. The third kappa shape index (κ3) is 27.5. The van der Waals surface area contributed by atoms with Crippen LogP contribution in [0, 0.1) is 0 Å². The second-order valence-electron chi connectivity index (χ2n) is 8.40. The topological polar surface area (TPSA) is 49.7 Å². The number of rotatable bonds is 12. The molecule has 0 bridgehead atoms. The van der Waals surface area contributed by atoms with Gasteiger partial charge in [-0.15, -0.1) is 0 Å². The normalized spacial score (nSPS) is 13.4. The van der Waals surface area contributed by atoms with Crippen LogP contribution in [0.25, 0.3) is 0 Å². The van der Waals surface area contributed by atoms with Gasteiger partial charge in [-0.3, -0.25) is 0 Å². The summed E-state index contributed by atoms with van der Waals surface area (Å²) in [5, 5.41) is 17.9. The summed E-state index contributed by atoms with van der Waals surface area (Å²) in [4.78, 5) is 0. The Kier molecular flexibility index (Phi) is 16.3. The van der Waals surface area contributed by atoms with Gasteiger partial charge in [-0.05, 0) is 52.1 Å². The summed E-state index contributed by atoms with van der Waals surface area (Å²) in [5.74, 6) is 0. The molecule has 23 heavy (non-hydrogen) atoms. The minimum atomic E-state index is -1.23. The van der Waals surface area contributed by atoms with E-state index < -0.39 is 16.6 Å². The standard InChI is InChI=1S/C12H26O2.C6H18OSi2/c1-2-3-4-5-6-7-8-9-12(14)10-11-13;1-8(2,3)7-9(4,5)6/h12-14H,2-11H2,1H3;1-6H3. The molecule has 0 aromatic rings. The highest BCUT2D eigenvalue weighted by molar-refractivity contribution is 6.83. The molecule has 0 aromatic carbocycles. The van der Waals surface area contributed by atoms with Crippen LogP contribution in [-0.2, 0) is 4.12 Å². The Balaban J connectivity index is 0. The van der Waals surface area contributed by atoms with Gasteiger partial charge in [0.25, 0.3) is 0 Å². The molecular weight excluding hydrogens is 320 g/mol. The van der Waals surface area contributed by atoms with Crippen LogP contribution in [-0.4, -0.2) is 39.6 Å². The molecule has 5 heteroatoms. The lowest BCUT2D eigenvalue weighted by molar-refractivity contribution is 0.122. The summed E-state index contributed by atoms with van der Waals surface area (Å²) in [6.45, 7) is 15.8. The first-order valence-corrected chi connectivity index (χ1v) is 16.3. The Bertz CT molecular complexity index is 236. The maximum atomic E-state index is 9.33. The fourth-order valence-corrected chi connectivity index (χ4v) is 9.90. The average Bonchev–Trinajstić information content (AvgIpc) is 2.34. The molecule has 0 spiro atoms. The van der Waals surface area contributed by atoms with Crippen LogP contribution >= 0.6 is 0 Å². The molecule has 0 radical (unpaired) electrons. The lowest BCUT2D eigenvalue weighted by atomic mass is 10.1. The zero-order valence-electron chi connectivity index (χ0n) is 17.0. The van der Waals surface area contributed by atoms with Crippen molar-refractivity contribution in [1.29, 1.82) is 0 Å². The van der Waals surface area contributed by atoms with Crippen molar-refractivity contribution in [1.82, 2.24) is 0 Å². The van der Waals surface area contributed by atoms with Gasteiger partial charge in [0.05, 0.1) is 6.10 Å². The molecule has 0 amide bonds. The maximum Gasteiger partial charge on any atom is 0.170 e. The monoisotopic (exact) mass is 364 g/mol. The van der Waals surface area contributed by atoms with Crippen molar-refractivity contribution in [2.75, 3.05) is 6.61 Å².